The van der Waals surface area contributed by atoms with Crippen LogP contribution in [0.15, 0.2) is 41.3 Å². The molecule has 0 saturated carbocycles. The van der Waals surface area contributed by atoms with E-state index in [0.29, 0.717) is 34.6 Å². The van der Waals surface area contributed by atoms with Crippen LogP contribution in [-0.4, -0.2) is 39.0 Å². The first-order chi connectivity index (χ1) is 14.4. The maximum absolute atomic E-state index is 12.6. The number of rotatable bonds is 5. The smallest absolute Gasteiger partial charge is 0.261 e. The normalized spacial score (nSPS) is 15.9. The molecule has 30 heavy (non-hydrogen) atoms. The molecule has 2 N–H and O–H groups in total. The van der Waals surface area contributed by atoms with Crippen LogP contribution >= 0.6 is 0 Å². The summed E-state index contributed by atoms with van der Waals surface area (Å²) < 4.78 is 0. The van der Waals surface area contributed by atoms with Crippen molar-refractivity contribution in [3.8, 4) is 0 Å². The molecule has 0 aliphatic carbocycles. The van der Waals surface area contributed by atoms with E-state index >= 15 is 0 Å². The molecule has 1 aliphatic rings. The van der Waals surface area contributed by atoms with Crippen molar-refractivity contribution in [3.05, 3.63) is 58.3 Å². The Morgan fingerprint density at radius 1 is 1.10 bits per heavy atom. The topological polar surface area (TPSA) is 73.9 Å². The third-order valence-corrected chi connectivity index (χ3v) is 6.08. The van der Waals surface area contributed by atoms with Gasteiger partial charge in [0.25, 0.3) is 5.56 Å². The van der Waals surface area contributed by atoms with Crippen molar-refractivity contribution >= 4 is 22.4 Å². The van der Waals surface area contributed by atoms with E-state index in [1.807, 2.05) is 18.2 Å². The number of benzene rings is 1. The van der Waals surface area contributed by atoms with Gasteiger partial charge < -0.3 is 15.2 Å². The zero-order valence-corrected chi connectivity index (χ0v) is 18.3. The van der Waals surface area contributed by atoms with Crippen LogP contribution in [0.5, 0.6) is 0 Å². The van der Waals surface area contributed by atoms with Crippen LogP contribution in [0.3, 0.4) is 0 Å². The fourth-order valence-electron chi connectivity index (χ4n) is 4.17. The first kappa shape index (κ1) is 20.5. The molecule has 0 bridgehead atoms. The van der Waals surface area contributed by atoms with Gasteiger partial charge in [0.15, 0.2) is 0 Å². The Kier molecular flexibility index (Phi) is 5.86. The van der Waals surface area contributed by atoms with Crippen molar-refractivity contribution in [2.24, 2.45) is 0 Å². The van der Waals surface area contributed by atoms with E-state index in [0.717, 1.165) is 37.4 Å². The average molecular weight is 406 g/mol. The van der Waals surface area contributed by atoms with Crippen LogP contribution in [0.25, 0.3) is 10.9 Å². The molecule has 1 fully saturated rings. The molecule has 0 amide bonds. The number of H-pyrrole nitrogens is 1. The SMILES string of the molecule is CC(C)c1cccc(Nc2nc(C3CCN(C(C)C)CC3)nc3cc[nH]c(=O)c23)c1. The van der Waals surface area contributed by atoms with E-state index in [-0.39, 0.29) is 5.56 Å². The fraction of sp³-hybridized carbons (Fsp3) is 0.458. The van der Waals surface area contributed by atoms with Crippen molar-refractivity contribution < 1.29 is 0 Å². The van der Waals surface area contributed by atoms with Crippen molar-refractivity contribution in [3.63, 3.8) is 0 Å². The lowest BCUT2D eigenvalue weighted by Gasteiger charge is -2.34. The van der Waals surface area contributed by atoms with E-state index in [2.05, 4.69) is 55.0 Å². The van der Waals surface area contributed by atoms with Gasteiger partial charge in [-0.05, 0) is 69.5 Å². The summed E-state index contributed by atoms with van der Waals surface area (Å²) in [4.78, 5) is 27.5. The highest BCUT2D eigenvalue weighted by Gasteiger charge is 2.25. The molecule has 0 atom stereocenters. The summed E-state index contributed by atoms with van der Waals surface area (Å²) in [5.74, 6) is 2.16. The Labute approximate surface area is 177 Å². The number of pyridine rings is 1. The lowest BCUT2D eigenvalue weighted by Crippen LogP contribution is -2.38. The van der Waals surface area contributed by atoms with Gasteiger partial charge in [-0.25, -0.2) is 9.97 Å². The highest BCUT2D eigenvalue weighted by Crippen LogP contribution is 2.30. The molecule has 6 heteroatoms. The van der Waals surface area contributed by atoms with E-state index in [1.54, 1.807) is 6.20 Å². The Balaban J connectivity index is 1.71. The predicted octanol–water partition coefficient (Wildman–Crippen LogP) is 4.77. The predicted molar refractivity (Wildman–Crippen MR) is 123 cm³/mol. The largest absolute Gasteiger partial charge is 0.339 e. The maximum atomic E-state index is 12.6. The minimum atomic E-state index is -0.170. The molecule has 158 valence electrons. The maximum Gasteiger partial charge on any atom is 0.261 e. The quantitative estimate of drug-likeness (QED) is 0.639. The van der Waals surface area contributed by atoms with Crippen molar-refractivity contribution in [1.29, 1.82) is 0 Å². The molecule has 1 saturated heterocycles. The summed E-state index contributed by atoms with van der Waals surface area (Å²) in [7, 11) is 0. The van der Waals surface area contributed by atoms with Gasteiger partial charge in [0.2, 0.25) is 0 Å². The van der Waals surface area contributed by atoms with Crippen molar-refractivity contribution in [2.75, 3.05) is 18.4 Å². The zero-order valence-electron chi connectivity index (χ0n) is 18.3. The third kappa shape index (κ3) is 4.24. The zero-order chi connectivity index (χ0) is 21.3. The second-order valence-electron chi connectivity index (χ2n) is 8.81. The van der Waals surface area contributed by atoms with Crippen molar-refractivity contribution in [2.45, 2.75) is 58.4 Å². The summed E-state index contributed by atoms with van der Waals surface area (Å²) in [6.07, 6.45) is 3.73. The highest BCUT2D eigenvalue weighted by molar-refractivity contribution is 5.89. The number of aromatic amines is 1. The van der Waals surface area contributed by atoms with E-state index in [1.165, 1.54) is 5.56 Å². The Morgan fingerprint density at radius 2 is 1.87 bits per heavy atom. The first-order valence-electron chi connectivity index (χ1n) is 10.9. The molecule has 0 unspecified atom stereocenters. The van der Waals surface area contributed by atoms with Crippen molar-refractivity contribution in [1.82, 2.24) is 19.9 Å². The Morgan fingerprint density at radius 3 is 2.57 bits per heavy atom. The first-order valence-corrected chi connectivity index (χ1v) is 10.9. The van der Waals surface area contributed by atoms with Gasteiger partial charge in [-0.3, -0.25) is 4.79 Å². The molecule has 4 rings (SSSR count). The molecule has 0 spiro atoms. The van der Waals surface area contributed by atoms with E-state index in [9.17, 15) is 4.79 Å². The molecule has 3 heterocycles. The highest BCUT2D eigenvalue weighted by atomic mass is 16.1. The Hall–Kier alpha value is -2.73. The van der Waals surface area contributed by atoms with Gasteiger partial charge in [0, 0.05) is 23.8 Å². The molecular weight excluding hydrogens is 374 g/mol. The number of likely N-dealkylation sites (tertiary alicyclic amines) is 1. The summed E-state index contributed by atoms with van der Waals surface area (Å²) in [5.41, 5.74) is 2.70. The van der Waals surface area contributed by atoms with E-state index in [4.69, 9.17) is 9.97 Å². The average Bonchev–Trinajstić information content (AvgIpc) is 2.74. The van der Waals surface area contributed by atoms with Gasteiger partial charge in [-0.2, -0.15) is 0 Å². The van der Waals surface area contributed by atoms with Crippen LogP contribution in [0, 0.1) is 0 Å². The van der Waals surface area contributed by atoms with Gasteiger partial charge in [-0.1, -0.05) is 26.0 Å². The van der Waals surface area contributed by atoms with Crippen LogP contribution in [0.4, 0.5) is 11.5 Å². The minimum Gasteiger partial charge on any atom is -0.339 e. The summed E-state index contributed by atoms with van der Waals surface area (Å²) in [6.45, 7) is 10.9. The fourth-order valence-corrected chi connectivity index (χ4v) is 4.17. The van der Waals surface area contributed by atoms with Crippen LogP contribution < -0.4 is 10.9 Å². The minimum absolute atomic E-state index is 0.170. The summed E-state index contributed by atoms with van der Waals surface area (Å²) in [5, 5.41) is 3.92. The molecule has 6 nitrogen and oxygen atoms in total. The van der Waals surface area contributed by atoms with Crippen LogP contribution in [0.1, 0.15) is 63.8 Å². The molecule has 0 radical (unpaired) electrons. The lowest BCUT2D eigenvalue weighted by molar-refractivity contribution is 0.169. The van der Waals surface area contributed by atoms with Gasteiger partial charge >= 0.3 is 0 Å². The molecule has 1 aliphatic heterocycles. The Bertz CT molecular complexity index is 1080. The number of piperidine rings is 1. The monoisotopic (exact) mass is 405 g/mol. The number of hydrogen-bond donors (Lipinski definition) is 2. The van der Waals surface area contributed by atoms with Gasteiger partial charge in [-0.15, -0.1) is 0 Å². The van der Waals surface area contributed by atoms with E-state index < -0.39 is 0 Å². The number of nitrogens with one attached hydrogen (secondary N) is 2. The number of hydrogen-bond acceptors (Lipinski definition) is 5. The summed E-state index contributed by atoms with van der Waals surface area (Å²) >= 11 is 0. The third-order valence-electron chi connectivity index (χ3n) is 6.08. The van der Waals surface area contributed by atoms with Crippen LogP contribution in [-0.2, 0) is 0 Å². The number of anilines is 2. The molecular formula is C24H31N5O. The molecule has 1 aromatic carbocycles. The number of fused-ring (bicyclic) bond motifs is 1. The molecule has 3 aromatic rings. The second-order valence-corrected chi connectivity index (χ2v) is 8.81. The van der Waals surface area contributed by atoms with Gasteiger partial charge in [0.05, 0.1) is 5.52 Å². The molecule has 2 aromatic heterocycles. The van der Waals surface area contributed by atoms with Gasteiger partial charge in [0.1, 0.15) is 17.0 Å². The number of nitrogens with zero attached hydrogens (tertiary/aromatic N) is 3. The lowest BCUT2D eigenvalue weighted by atomic mass is 9.95. The summed E-state index contributed by atoms with van der Waals surface area (Å²) in [6, 6.07) is 10.7. The van der Waals surface area contributed by atoms with Crippen LogP contribution in [0.2, 0.25) is 0 Å². The second kappa shape index (κ2) is 8.56. The number of aromatic nitrogens is 3. The standard InChI is InChI=1S/C24H31N5O/c1-15(2)18-6-5-7-19(14-18)26-23-21-20(8-11-25-24(21)30)27-22(28-23)17-9-12-29(13-10-17)16(3)4/h5-8,11,14-17H,9-10,12-13H2,1-4H3,(H,25,30)(H,26,27,28).